The van der Waals surface area contributed by atoms with E-state index in [1.807, 2.05) is 37.3 Å². The molecule has 1 unspecified atom stereocenters. The highest BCUT2D eigenvalue weighted by atomic mass is 16.4. The number of carbonyl (C=O) groups is 1. The first kappa shape index (κ1) is 12.4. The van der Waals surface area contributed by atoms with Crippen LogP contribution in [0.2, 0.25) is 0 Å². The molecule has 0 saturated carbocycles. The van der Waals surface area contributed by atoms with Crippen molar-refractivity contribution >= 4 is 5.97 Å². The first-order chi connectivity index (χ1) is 8.58. The van der Waals surface area contributed by atoms with Crippen LogP contribution >= 0.6 is 0 Å². The Morgan fingerprint density at radius 1 is 1.33 bits per heavy atom. The Hall–Kier alpha value is -2.10. The van der Waals surface area contributed by atoms with Crippen molar-refractivity contribution in [1.82, 2.24) is 9.78 Å². The molecule has 0 fully saturated rings. The maximum atomic E-state index is 11.3. The number of nitrogens with zero attached hydrogens (tertiary/aromatic N) is 2. The molecule has 0 amide bonds. The van der Waals surface area contributed by atoms with E-state index in [1.54, 1.807) is 19.3 Å². The molecule has 4 heteroatoms. The highest BCUT2D eigenvalue weighted by Crippen LogP contribution is 2.24. The Bertz CT molecular complexity index is 548. The molecular formula is C14H16N2O2. The monoisotopic (exact) mass is 244 g/mol. The number of carboxylic acid groups (broad SMARTS) is 1. The van der Waals surface area contributed by atoms with Crippen molar-refractivity contribution in [3.05, 3.63) is 42.7 Å². The molecule has 1 heterocycles. The van der Waals surface area contributed by atoms with Gasteiger partial charge in [-0.3, -0.25) is 4.68 Å². The molecule has 0 aliphatic heterocycles. The van der Waals surface area contributed by atoms with Gasteiger partial charge >= 0.3 is 5.97 Å². The second-order valence-electron chi connectivity index (χ2n) is 4.47. The summed E-state index contributed by atoms with van der Waals surface area (Å²) < 4.78 is 1.53. The van der Waals surface area contributed by atoms with Gasteiger partial charge in [0.05, 0.1) is 6.20 Å². The minimum Gasteiger partial charge on any atom is -0.479 e. The smallest absolute Gasteiger partial charge is 0.331 e. The van der Waals surface area contributed by atoms with Gasteiger partial charge in [0, 0.05) is 11.8 Å². The Balaban J connectivity index is 2.40. The lowest BCUT2D eigenvalue weighted by Gasteiger charge is -2.23. The van der Waals surface area contributed by atoms with Crippen LogP contribution in [0.15, 0.2) is 42.7 Å². The fourth-order valence-corrected chi connectivity index (χ4v) is 1.78. The molecular weight excluding hydrogens is 228 g/mol. The molecule has 94 valence electrons. The molecule has 0 aliphatic carbocycles. The summed E-state index contributed by atoms with van der Waals surface area (Å²) in [6, 6.07) is 9.80. The number of hydrogen-bond acceptors (Lipinski definition) is 2. The third-order valence-corrected chi connectivity index (χ3v) is 3.34. The lowest BCUT2D eigenvalue weighted by Crippen LogP contribution is -2.38. The molecule has 0 aliphatic rings. The van der Waals surface area contributed by atoms with E-state index in [9.17, 15) is 9.90 Å². The van der Waals surface area contributed by atoms with Crippen LogP contribution in [0, 0.1) is 0 Å². The molecule has 2 rings (SSSR count). The first-order valence-electron chi connectivity index (χ1n) is 5.92. The third kappa shape index (κ3) is 2.01. The summed E-state index contributed by atoms with van der Waals surface area (Å²) in [5.74, 6) is -0.868. The van der Waals surface area contributed by atoms with E-state index >= 15 is 0 Å². The Labute approximate surface area is 106 Å². The zero-order valence-electron chi connectivity index (χ0n) is 10.5. The maximum absolute atomic E-state index is 11.3. The number of benzene rings is 1. The lowest BCUT2D eigenvalue weighted by atomic mass is 10.00. The fourth-order valence-electron chi connectivity index (χ4n) is 1.78. The van der Waals surface area contributed by atoms with Crippen LogP contribution in [-0.4, -0.2) is 20.9 Å². The maximum Gasteiger partial charge on any atom is 0.331 e. The van der Waals surface area contributed by atoms with Crippen LogP contribution in [0.1, 0.15) is 20.3 Å². The zero-order chi connectivity index (χ0) is 13.2. The topological polar surface area (TPSA) is 55.1 Å². The molecule has 1 N–H and O–H groups in total. The van der Waals surface area contributed by atoms with Crippen molar-refractivity contribution in [1.29, 1.82) is 0 Å². The summed E-state index contributed by atoms with van der Waals surface area (Å²) in [4.78, 5) is 11.3. The highest BCUT2D eigenvalue weighted by molar-refractivity contribution is 5.76. The second-order valence-corrected chi connectivity index (χ2v) is 4.47. The molecule has 0 saturated heterocycles. The predicted molar refractivity (Wildman–Crippen MR) is 69.2 cm³/mol. The number of carboxylic acids is 1. The number of hydrogen-bond donors (Lipinski definition) is 1. The Morgan fingerprint density at radius 3 is 2.56 bits per heavy atom. The molecule has 1 atom stereocenters. The summed E-state index contributed by atoms with van der Waals surface area (Å²) in [6.07, 6.45) is 3.97. The van der Waals surface area contributed by atoms with Gasteiger partial charge in [-0.25, -0.2) is 4.79 Å². The number of aromatic nitrogens is 2. The van der Waals surface area contributed by atoms with Gasteiger partial charge in [0.2, 0.25) is 0 Å². The third-order valence-electron chi connectivity index (χ3n) is 3.34. The fraction of sp³-hybridized carbons (Fsp3) is 0.286. The van der Waals surface area contributed by atoms with Crippen molar-refractivity contribution < 1.29 is 9.90 Å². The van der Waals surface area contributed by atoms with Crippen molar-refractivity contribution in [3.63, 3.8) is 0 Å². The van der Waals surface area contributed by atoms with Crippen LogP contribution in [0.5, 0.6) is 0 Å². The lowest BCUT2D eigenvalue weighted by molar-refractivity contribution is -0.147. The molecule has 4 nitrogen and oxygen atoms in total. The molecule has 1 aromatic carbocycles. The van der Waals surface area contributed by atoms with E-state index in [-0.39, 0.29) is 0 Å². The molecule has 0 spiro atoms. The van der Waals surface area contributed by atoms with E-state index in [4.69, 9.17) is 0 Å². The summed E-state index contributed by atoms with van der Waals surface area (Å²) in [7, 11) is 0. The summed E-state index contributed by atoms with van der Waals surface area (Å²) >= 11 is 0. The molecule has 2 aromatic rings. The Kier molecular flexibility index (Phi) is 3.19. The van der Waals surface area contributed by atoms with Gasteiger partial charge in [-0.2, -0.15) is 5.10 Å². The van der Waals surface area contributed by atoms with Crippen molar-refractivity contribution in [2.24, 2.45) is 0 Å². The zero-order valence-corrected chi connectivity index (χ0v) is 10.5. The number of rotatable bonds is 4. The SMILES string of the molecule is CCC(C)(C(=O)O)n1cc(-c2ccccc2)cn1. The highest BCUT2D eigenvalue weighted by Gasteiger charge is 2.34. The van der Waals surface area contributed by atoms with E-state index in [0.29, 0.717) is 6.42 Å². The number of aliphatic carboxylic acids is 1. The van der Waals surface area contributed by atoms with Crippen molar-refractivity contribution in [2.45, 2.75) is 25.8 Å². The van der Waals surface area contributed by atoms with Crippen LogP contribution in [0.3, 0.4) is 0 Å². The minimum atomic E-state index is -0.993. The van der Waals surface area contributed by atoms with Crippen molar-refractivity contribution in [2.75, 3.05) is 0 Å². The van der Waals surface area contributed by atoms with Gasteiger partial charge in [-0.05, 0) is 18.9 Å². The Morgan fingerprint density at radius 2 is 2.00 bits per heavy atom. The van der Waals surface area contributed by atoms with E-state index < -0.39 is 11.5 Å². The summed E-state index contributed by atoms with van der Waals surface area (Å²) in [5, 5.41) is 13.5. The molecule has 18 heavy (non-hydrogen) atoms. The van der Waals surface area contributed by atoms with Crippen LogP contribution in [-0.2, 0) is 10.3 Å². The largest absolute Gasteiger partial charge is 0.479 e. The second kappa shape index (κ2) is 4.64. The van der Waals surface area contributed by atoms with Gasteiger partial charge in [0.15, 0.2) is 5.54 Å². The molecule has 1 aromatic heterocycles. The average molecular weight is 244 g/mol. The minimum absolute atomic E-state index is 0.484. The van der Waals surface area contributed by atoms with Gasteiger partial charge in [-0.1, -0.05) is 37.3 Å². The van der Waals surface area contributed by atoms with Gasteiger partial charge < -0.3 is 5.11 Å². The first-order valence-corrected chi connectivity index (χ1v) is 5.92. The van der Waals surface area contributed by atoms with E-state index in [1.165, 1.54) is 4.68 Å². The quantitative estimate of drug-likeness (QED) is 0.899. The standard InChI is InChI=1S/C14H16N2O2/c1-3-14(2,13(17)18)16-10-12(9-15-16)11-7-5-4-6-8-11/h4-10H,3H2,1-2H3,(H,17,18). The predicted octanol–water partition coefficient (Wildman–Crippen LogP) is 2.76. The van der Waals surface area contributed by atoms with Gasteiger partial charge in [0.25, 0.3) is 0 Å². The average Bonchev–Trinajstić information content (AvgIpc) is 2.88. The van der Waals surface area contributed by atoms with Gasteiger partial charge in [-0.15, -0.1) is 0 Å². The normalized spacial score (nSPS) is 14.1. The van der Waals surface area contributed by atoms with E-state index in [0.717, 1.165) is 11.1 Å². The van der Waals surface area contributed by atoms with Crippen LogP contribution < -0.4 is 0 Å². The summed E-state index contributed by atoms with van der Waals surface area (Å²) in [6.45, 7) is 3.52. The molecule has 0 bridgehead atoms. The summed E-state index contributed by atoms with van der Waals surface area (Å²) in [5.41, 5.74) is 0.969. The van der Waals surface area contributed by atoms with Crippen LogP contribution in [0.25, 0.3) is 11.1 Å². The van der Waals surface area contributed by atoms with Gasteiger partial charge in [0.1, 0.15) is 0 Å². The molecule has 0 radical (unpaired) electrons. The van der Waals surface area contributed by atoms with E-state index in [2.05, 4.69) is 5.10 Å². The van der Waals surface area contributed by atoms with Crippen molar-refractivity contribution in [3.8, 4) is 11.1 Å². The van der Waals surface area contributed by atoms with Crippen LogP contribution in [0.4, 0.5) is 0 Å².